The van der Waals surface area contributed by atoms with Crippen LogP contribution in [0.4, 0.5) is 10.1 Å². The minimum absolute atomic E-state index is 0.166. The molecule has 0 aliphatic carbocycles. The molecule has 0 radical (unpaired) electrons. The lowest BCUT2D eigenvalue weighted by Gasteiger charge is -2.22. The van der Waals surface area contributed by atoms with E-state index in [0.717, 1.165) is 0 Å². The minimum Gasteiger partial charge on any atom is -0.399 e. The first-order valence-corrected chi connectivity index (χ1v) is 9.77. The normalized spacial score (nSPS) is 11.0. The fourth-order valence-corrected chi connectivity index (χ4v) is 3.93. The predicted octanol–water partition coefficient (Wildman–Crippen LogP) is 6.81. The van der Waals surface area contributed by atoms with Gasteiger partial charge in [-0.15, -0.1) is 0 Å². The van der Waals surface area contributed by atoms with E-state index in [2.05, 4.69) is 5.09 Å². The summed E-state index contributed by atoms with van der Waals surface area (Å²) in [4.78, 5) is 0. The summed E-state index contributed by atoms with van der Waals surface area (Å²) < 4.78 is 37.6. The summed E-state index contributed by atoms with van der Waals surface area (Å²) in [5, 5.41) is 3.18. The van der Waals surface area contributed by atoms with Gasteiger partial charge in [-0.3, -0.25) is 5.09 Å². The molecule has 3 aromatic rings. The first-order valence-electron chi connectivity index (χ1n) is 7.47. The molecule has 0 spiro atoms. The minimum atomic E-state index is -4.00. The van der Waals surface area contributed by atoms with Crippen LogP contribution in [-0.2, 0) is 4.57 Å². The Balaban J connectivity index is 1.94. The zero-order valence-corrected chi connectivity index (χ0v) is 15.6. The number of halogens is 3. The summed E-state index contributed by atoms with van der Waals surface area (Å²) in [6.45, 7) is 0. The van der Waals surface area contributed by atoms with Crippen molar-refractivity contribution in [3.8, 4) is 11.5 Å². The third-order valence-electron chi connectivity index (χ3n) is 3.22. The average Bonchev–Trinajstić information content (AvgIpc) is 2.61. The SMILES string of the molecule is O=P(Nc1ccc(F)cc1)(Oc1ccccc1Cl)Oc1ccccc1Cl. The molecule has 0 fully saturated rings. The second kappa shape index (κ2) is 8.00. The molecule has 0 aliphatic rings. The van der Waals surface area contributed by atoms with E-state index in [9.17, 15) is 8.96 Å². The number of rotatable bonds is 6. The lowest BCUT2D eigenvalue weighted by atomic mass is 10.3. The van der Waals surface area contributed by atoms with Crippen molar-refractivity contribution >= 4 is 36.6 Å². The molecule has 0 aliphatic heterocycles. The number of nitrogens with one attached hydrogen (secondary N) is 1. The van der Waals surface area contributed by atoms with Crippen molar-refractivity contribution in [2.24, 2.45) is 0 Å². The van der Waals surface area contributed by atoms with E-state index in [1.165, 1.54) is 24.3 Å². The van der Waals surface area contributed by atoms with Gasteiger partial charge in [0.15, 0.2) is 11.5 Å². The van der Waals surface area contributed by atoms with Crippen LogP contribution in [-0.4, -0.2) is 0 Å². The maximum Gasteiger partial charge on any atom is 0.541 e. The zero-order chi connectivity index (χ0) is 18.6. The number of hydrogen-bond acceptors (Lipinski definition) is 3. The molecule has 3 aromatic carbocycles. The van der Waals surface area contributed by atoms with E-state index >= 15 is 0 Å². The molecule has 0 atom stereocenters. The van der Waals surface area contributed by atoms with Gasteiger partial charge < -0.3 is 9.05 Å². The first-order chi connectivity index (χ1) is 12.5. The van der Waals surface area contributed by atoms with Crippen LogP contribution in [0.5, 0.6) is 11.5 Å². The molecule has 0 amide bonds. The lowest BCUT2D eigenvalue weighted by Crippen LogP contribution is -2.10. The molecule has 3 rings (SSSR count). The molecule has 0 heterocycles. The third kappa shape index (κ3) is 4.70. The number of anilines is 1. The van der Waals surface area contributed by atoms with Crippen LogP contribution in [0.1, 0.15) is 0 Å². The Morgan fingerprint density at radius 2 is 1.23 bits per heavy atom. The molecule has 4 nitrogen and oxygen atoms in total. The Bertz CT molecular complexity index is 902. The summed E-state index contributed by atoms with van der Waals surface area (Å²) in [5.74, 6) is -0.0947. The van der Waals surface area contributed by atoms with Crippen molar-refractivity contribution in [2.75, 3.05) is 5.09 Å². The van der Waals surface area contributed by atoms with Crippen molar-refractivity contribution in [3.63, 3.8) is 0 Å². The van der Waals surface area contributed by atoms with E-state index in [1.807, 2.05) is 0 Å². The van der Waals surface area contributed by atoms with E-state index in [0.29, 0.717) is 5.69 Å². The molecular formula is C18H13Cl2FNO3P. The highest BCUT2D eigenvalue weighted by atomic mass is 35.5. The van der Waals surface area contributed by atoms with Crippen LogP contribution in [0.2, 0.25) is 10.0 Å². The fraction of sp³-hybridized carbons (Fsp3) is 0. The largest absolute Gasteiger partial charge is 0.541 e. The Morgan fingerprint density at radius 3 is 1.69 bits per heavy atom. The van der Waals surface area contributed by atoms with Crippen LogP contribution in [0.15, 0.2) is 72.8 Å². The maximum atomic E-state index is 13.3. The standard InChI is InChI=1S/C18H13Cl2FNO3P/c19-15-5-1-3-7-17(15)24-26(23,22-14-11-9-13(21)10-12-14)25-18-8-4-2-6-16(18)20/h1-12H,(H,22,23). The van der Waals surface area contributed by atoms with Crippen LogP contribution >= 0.6 is 30.9 Å². The summed E-state index contributed by atoms with van der Waals surface area (Å²) >= 11 is 12.2. The van der Waals surface area contributed by atoms with E-state index in [1.54, 1.807) is 48.5 Å². The Labute approximate surface area is 160 Å². The number of para-hydroxylation sites is 2. The van der Waals surface area contributed by atoms with Gasteiger partial charge in [-0.05, 0) is 48.5 Å². The van der Waals surface area contributed by atoms with E-state index < -0.39 is 13.6 Å². The Morgan fingerprint density at radius 1 is 0.769 bits per heavy atom. The zero-order valence-electron chi connectivity index (χ0n) is 13.2. The van der Waals surface area contributed by atoms with Gasteiger partial charge in [-0.25, -0.2) is 8.96 Å². The maximum absolute atomic E-state index is 13.3. The second-order valence-electron chi connectivity index (χ2n) is 5.16. The summed E-state index contributed by atoms with van der Waals surface area (Å²) in [6, 6.07) is 18.3. The second-order valence-corrected chi connectivity index (χ2v) is 7.56. The number of benzene rings is 3. The van der Waals surface area contributed by atoms with Crippen molar-refractivity contribution in [2.45, 2.75) is 0 Å². The van der Waals surface area contributed by atoms with Gasteiger partial charge in [0, 0.05) is 5.69 Å². The van der Waals surface area contributed by atoms with Gasteiger partial charge in [-0.1, -0.05) is 47.5 Å². The van der Waals surface area contributed by atoms with Gasteiger partial charge in [0.05, 0.1) is 10.0 Å². The highest BCUT2D eigenvalue weighted by molar-refractivity contribution is 7.56. The Kier molecular flexibility index (Phi) is 5.72. The quantitative estimate of drug-likeness (QED) is 0.452. The van der Waals surface area contributed by atoms with Crippen LogP contribution in [0.3, 0.4) is 0 Å². The lowest BCUT2D eigenvalue weighted by molar-refractivity contribution is 0.393. The Hall–Kier alpha value is -2.20. The van der Waals surface area contributed by atoms with Crippen molar-refractivity contribution in [1.82, 2.24) is 0 Å². The molecule has 0 unspecified atom stereocenters. The van der Waals surface area contributed by atoms with Crippen molar-refractivity contribution in [3.05, 3.63) is 88.7 Å². The first kappa shape index (κ1) is 18.6. The molecule has 134 valence electrons. The smallest absolute Gasteiger partial charge is 0.399 e. The number of hydrogen-bond donors (Lipinski definition) is 1. The molecule has 0 bridgehead atoms. The molecule has 26 heavy (non-hydrogen) atoms. The van der Waals surface area contributed by atoms with Gasteiger partial charge in [-0.2, -0.15) is 0 Å². The van der Waals surface area contributed by atoms with Crippen molar-refractivity contribution in [1.29, 1.82) is 0 Å². The van der Waals surface area contributed by atoms with Crippen LogP contribution in [0, 0.1) is 5.82 Å². The molecule has 0 saturated carbocycles. The average molecular weight is 412 g/mol. The van der Waals surface area contributed by atoms with Crippen LogP contribution < -0.4 is 14.1 Å². The summed E-state index contributed by atoms with van der Waals surface area (Å²) in [6.07, 6.45) is 0. The molecule has 0 aromatic heterocycles. The van der Waals surface area contributed by atoms with Gasteiger partial charge >= 0.3 is 7.75 Å². The third-order valence-corrected chi connectivity index (χ3v) is 5.25. The topological polar surface area (TPSA) is 47.6 Å². The molecule has 0 saturated heterocycles. The summed E-state index contributed by atoms with van der Waals surface area (Å²) in [7, 11) is -4.00. The van der Waals surface area contributed by atoms with E-state index in [4.69, 9.17) is 32.2 Å². The molecule has 1 N–H and O–H groups in total. The highest BCUT2D eigenvalue weighted by Gasteiger charge is 2.30. The monoisotopic (exact) mass is 411 g/mol. The van der Waals surface area contributed by atoms with Crippen LogP contribution in [0.25, 0.3) is 0 Å². The van der Waals surface area contributed by atoms with E-state index in [-0.39, 0.29) is 21.5 Å². The van der Waals surface area contributed by atoms with Crippen molar-refractivity contribution < 1.29 is 18.0 Å². The van der Waals surface area contributed by atoms with Gasteiger partial charge in [0.25, 0.3) is 0 Å². The fourth-order valence-electron chi connectivity index (χ4n) is 2.04. The van der Waals surface area contributed by atoms with Gasteiger partial charge in [0.1, 0.15) is 5.82 Å². The summed E-state index contributed by atoms with van der Waals surface area (Å²) in [5.41, 5.74) is 0.342. The highest BCUT2D eigenvalue weighted by Crippen LogP contribution is 2.50. The molecular weight excluding hydrogens is 399 g/mol. The predicted molar refractivity (Wildman–Crippen MR) is 102 cm³/mol. The molecule has 8 heteroatoms. The van der Waals surface area contributed by atoms with Gasteiger partial charge in [0.2, 0.25) is 0 Å².